The lowest BCUT2D eigenvalue weighted by Crippen LogP contribution is -2.20. The number of Topliss-reactive ketones (excluding diaryl/α,β-unsaturated/α-hetero) is 1. The predicted molar refractivity (Wildman–Crippen MR) is 72.4 cm³/mol. The number of aliphatic hydroxyl groups is 1. The van der Waals surface area contributed by atoms with E-state index < -0.39 is 0 Å². The van der Waals surface area contributed by atoms with Crippen molar-refractivity contribution in [2.24, 2.45) is 5.92 Å². The van der Waals surface area contributed by atoms with Crippen molar-refractivity contribution in [3.63, 3.8) is 0 Å². The fourth-order valence-electron chi connectivity index (χ4n) is 2.24. The van der Waals surface area contributed by atoms with Crippen LogP contribution in [-0.4, -0.2) is 24.6 Å². The molecular formula is C15H22O3. The summed E-state index contributed by atoms with van der Waals surface area (Å²) in [6.45, 7) is 7.61. The Morgan fingerprint density at radius 2 is 1.94 bits per heavy atom. The van der Waals surface area contributed by atoms with Crippen molar-refractivity contribution < 1.29 is 14.6 Å². The molecule has 1 rings (SSSR count). The van der Waals surface area contributed by atoms with Gasteiger partial charge in [-0.3, -0.25) is 4.79 Å². The van der Waals surface area contributed by atoms with Gasteiger partial charge in [0.1, 0.15) is 5.75 Å². The van der Waals surface area contributed by atoms with E-state index in [0.29, 0.717) is 6.42 Å². The molecule has 0 radical (unpaired) electrons. The highest BCUT2D eigenvalue weighted by molar-refractivity contribution is 6.01. The summed E-state index contributed by atoms with van der Waals surface area (Å²) < 4.78 is 5.29. The van der Waals surface area contributed by atoms with Crippen molar-refractivity contribution in [1.82, 2.24) is 0 Å². The Bertz CT molecular complexity index is 446. The van der Waals surface area contributed by atoms with Gasteiger partial charge in [-0.1, -0.05) is 6.92 Å². The zero-order chi connectivity index (χ0) is 13.9. The first-order valence-corrected chi connectivity index (χ1v) is 6.27. The Labute approximate surface area is 109 Å². The molecular weight excluding hydrogens is 228 g/mol. The molecule has 0 amide bonds. The van der Waals surface area contributed by atoms with Crippen LogP contribution in [0.3, 0.4) is 0 Å². The Balaban J connectivity index is 3.33. The average molecular weight is 250 g/mol. The molecule has 1 aromatic rings. The summed E-state index contributed by atoms with van der Waals surface area (Å²) >= 11 is 0. The minimum absolute atomic E-state index is 0.0285. The maximum atomic E-state index is 12.4. The summed E-state index contributed by atoms with van der Waals surface area (Å²) in [6.07, 6.45) is 0.652. The van der Waals surface area contributed by atoms with E-state index in [1.165, 1.54) is 0 Å². The first kappa shape index (κ1) is 14.7. The molecule has 3 heteroatoms. The molecule has 1 unspecified atom stereocenters. The molecule has 100 valence electrons. The molecule has 0 fully saturated rings. The third kappa shape index (κ3) is 2.56. The number of hydrogen-bond acceptors (Lipinski definition) is 3. The van der Waals surface area contributed by atoms with Gasteiger partial charge in [0.05, 0.1) is 13.7 Å². The number of aryl methyl sites for hydroxylation is 1. The van der Waals surface area contributed by atoms with Crippen molar-refractivity contribution >= 4 is 5.78 Å². The molecule has 0 bridgehead atoms. The lowest BCUT2D eigenvalue weighted by atomic mass is 9.88. The monoisotopic (exact) mass is 250 g/mol. The van der Waals surface area contributed by atoms with Crippen LogP contribution in [0.25, 0.3) is 0 Å². The van der Waals surface area contributed by atoms with Crippen molar-refractivity contribution in [2.75, 3.05) is 13.7 Å². The van der Waals surface area contributed by atoms with Crippen LogP contribution in [0.15, 0.2) is 6.07 Å². The van der Waals surface area contributed by atoms with Crippen LogP contribution in [0.5, 0.6) is 5.75 Å². The number of benzene rings is 1. The number of hydrogen-bond donors (Lipinski definition) is 1. The second-order valence-electron chi connectivity index (χ2n) is 4.67. The molecule has 0 heterocycles. The molecule has 0 aliphatic heterocycles. The second kappa shape index (κ2) is 6.01. The highest BCUT2D eigenvalue weighted by Gasteiger charge is 2.22. The number of rotatable bonds is 5. The van der Waals surface area contributed by atoms with Crippen LogP contribution in [0.2, 0.25) is 0 Å². The lowest BCUT2D eigenvalue weighted by molar-refractivity contribution is 0.0855. The number of ketones is 1. The van der Waals surface area contributed by atoms with E-state index in [0.717, 1.165) is 28.0 Å². The zero-order valence-electron chi connectivity index (χ0n) is 11.8. The van der Waals surface area contributed by atoms with E-state index in [2.05, 4.69) is 0 Å². The maximum Gasteiger partial charge on any atom is 0.168 e. The summed E-state index contributed by atoms with van der Waals surface area (Å²) in [5.41, 5.74) is 3.57. The summed E-state index contributed by atoms with van der Waals surface area (Å²) in [5, 5.41) is 9.26. The van der Waals surface area contributed by atoms with Crippen LogP contribution >= 0.6 is 0 Å². The van der Waals surface area contributed by atoms with E-state index in [-0.39, 0.29) is 18.3 Å². The summed E-state index contributed by atoms with van der Waals surface area (Å²) in [4.78, 5) is 12.4. The van der Waals surface area contributed by atoms with E-state index in [1.807, 2.05) is 33.8 Å². The van der Waals surface area contributed by atoms with Gasteiger partial charge in [0.2, 0.25) is 0 Å². The molecule has 0 aliphatic carbocycles. The Kier molecular flexibility index (Phi) is 4.91. The van der Waals surface area contributed by atoms with Gasteiger partial charge >= 0.3 is 0 Å². The molecule has 1 N–H and O–H groups in total. The quantitative estimate of drug-likeness (QED) is 0.817. The van der Waals surface area contributed by atoms with E-state index in [9.17, 15) is 9.90 Å². The zero-order valence-corrected chi connectivity index (χ0v) is 11.8. The van der Waals surface area contributed by atoms with E-state index in [4.69, 9.17) is 4.74 Å². The third-order valence-corrected chi connectivity index (χ3v) is 3.60. The first-order chi connectivity index (χ1) is 8.47. The van der Waals surface area contributed by atoms with Crippen molar-refractivity contribution in [1.29, 1.82) is 0 Å². The highest BCUT2D eigenvalue weighted by atomic mass is 16.5. The Morgan fingerprint density at radius 1 is 1.33 bits per heavy atom. The molecule has 1 aromatic carbocycles. The molecule has 3 nitrogen and oxygen atoms in total. The molecule has 0 spiro atoms. The van der Waals surface area contributed by atoms with Crippen molar-refractivity contribution in [3.05, 3.63) is 28.3 Å². The van der Waals surface area contributed by atoms with Gasteiger partial charge in [-0.15, -0.1) is 0 Å². The molecule has 0 saturated heterocycles. The van der Waals surface area contributed by atoms with Gasteiger partial charge in [-0.05, 0) is 49.9 Å². The molecule has 1 atom stereocenters. The summed E-state index contributed by atoms with van der Waals surface area (Å²) in [7, 11) is 1.63. The van der Waals surface area contributed by atoms with Crippen LogP contribution in [-0.2, 0) is 0 Å². The summed E-state index contributed by atoms with van der Waals surface area (Å²) in [6, 6.07) is 1.89. The van der Waals surface area contributed by atoms with Gasteiger partial charge in [-0.25, -0.2) is 0 Å². The maximum absolute atomic E-state index is 12.4. The Hall–Kier alpha value is -1.35. The molecule has 0 aromatic heterocycles. The van der Waals surface area contributed by atoms with Gasteiger partial charge in [0.25, 0.3) is 0 Å². The van der Waals surface area contributed by atoms with E-state index in [1.54, 1.807) is 7.11 Å². The van der Waals surface area contributed by atoms with Gasteiger partial charge in [0, 0.05) is 11.5 Å². The number of aliphatic hydroxyl groups excluding tert-OH is 1. The van der Waals surface area contributed by atoms with Gasteiger partial charge in [-0.2, -0.15) is 0 Å². The van der Waals surface area contributed by atoms with Gasteiger partial charge < -0.3 is 9.84 Å². The fourth-order valence-corrected chi connectivity index (χ4v) is 2.24. The fraction of sp³-hybridized carbons (Fsp3) is 0.533. The predicted octanol–water partition coefficient (Wildman–Crippen LogP) is 2.82. The van der Waals surface area contributed by atoms with Gasteiger partial charge in [0.15, 0.2) is 5.78 Å². The minimum atomic E-state index is -0.310. The third-order valence-electron chi connectivity index (χ3n) is 3.60. The number of carbonyl (C=O) groups is 1. The number of methoxy groups -OCH3 is 1. The van der Waals surface area contributed by atoms with Crippen LogP contribution in [0.4, 0.5) is 0 Å². The number of ether oxygens (including phenoxy) is 1. The Morgan fingerprint density at radius 3 is 2.39 bits per heavy atom. The standard InChI is InChI=1S/C15H22O3/c1-6-12(8-16)15(17)14-9(2)7-13(18-5)10(3)11(14)4/h7,12,16H,6,8H2,1-5H3. The molecule has 0 saturated carbocycles. The van der Waals surface area contributed by atoms with Crippen LogP contribution < -0.4 is 4.74 Å². The topological polar surface area (TPSA) is 46.5 Å². The lowest BCUT2D eigenvalue weighted by Gasteiger charge is -2.18. The molecule has 18 heavy (non-hydrogen) atoms. The first-order valence-electron chi connectivity index (χ1n) is 6.27. The highest BCUT2D eigenvalue weighted by Crippen LogP contribution is 2.29. The van der Waals surface area contributed by atoms with Crippen LogP contribution in [0.1, 0.15) is 40.4 Å². The SMILES string of the molecule is CCC(CO)C(=O)c1c(C)cc(OC)c(C)c1C. The normalized spacial score (nSPS) is 12.3. The van der Waals surface area contributed by atoms with Crippen molar-refractivity contribution in [3.8, 4) is 5.75 Å². The minimum Gasteiger partial charge on any atom is -0.496 e. The molecule has 0 aliphatic rings. The van der Waals surface area contributed by atoms with E-state index >= 15 is 0 Å². The van der Waals surface area contributed by atoms with Crippen LogP contribution in [0, 0.1) is 26.7 Å². The average Bonchev–Trinajstić information content (AvgIpc) is 2.35. The second-order valence-corrected chi connectivity index (χ2v) is 4.67. The summed E-state index contributed by atoms with van der Waals surface area (Å²) in [5.74, 6) is 0.523. The smallest absolute Gasteiger partial charge is 0.168 e. The van der Waals surface area contributed by atoms with Crippen molar-refractivity contribution in [2.45, 2.75) is 34.1 Å². The number of carbonyl (C=O) groups excluding carboxylic acids is 1. The largest absolute Gasteiger partial charge is 0.496 e.